The number of esters is 1. The SMILES string of the molecule is CC(=O)OC(C(=O)N1CCC2(CCN(C(=O)C=Cc3ccsc3)CC2)C1)c1ccccc1. The number of piperidine rings is 1. The lowest BCUT2D eigenvalue weighted by Crippen LogP contribution is -2.44. The maximum atomic E-state index is 13.3. The number of hydrogen-bond acceptors (Lipinski definition) is 5. The molecule has 1 unspecified atom stereocenters. The van der Waals surface area contributed by atoms with Crippen molar-refractivity contribution in [3.05, 3.63) is 64.4 Å². The summed E-state index contributed by atoms with van der Waals surface area (Å²) in [6.45, 7) is 4.01. The predicted octanol–water partition coefficient (Wildman–Crippen LogP) is 3.91. The van der Waals surface area contributed by atoms with Crippen LogP contribution in [0.15, 0.2) is 53.2 Å². The van der Waals surface area contributed by atoms with Crippen molar-refractivity contribution < 1.29 is 19.1 Å². The number of thiophene rings is 1. The first-order valence-corrected chi connectivity index (χ1v) is 11.9. The molecule has 4 rings (SSSR count). The van der Waals surface area contributed by atoms with Gasteiger partial charge < -0.3 is 14.5 Å². The molecular weight excluding hydrogens is 424 g/mol. The van der Waals surface area contributed by atoms with E-state index in [0.717, 1.165) is 24.8 Å². The fourth-order valence-electron chi connectivity index (χ4n) is 4.60. The van der Waals surface area contributed by atoms with Gasteiger partial charge in [-0.05, 0) is 53.1 Å². The first-order chi connectivity index (χ1) is 15.5. The second-order valence-electron chi connectivity index (χ2n) is 8.63. The molecule has 0 radical (unpaired) electrons. The third kappa shape index (κ3) is 5.10. The average Bonchev–Trinajstić information content (AvgIpc) is 3.47. The first kappa shape index (κ1) is 22.3. The van der Waals surface area contributed by atoms with E-state index in [9.17, 15) is 14.4 Å². The zero-order chi connectivity index (χ0) is 22.6. The highest BCUT2D eigenvalue weighted by atomic mass is 32.1. The van der Waals surface area contributed by atoms with Gasteiger partial charge in [0, 0.05) is 44.7 Å². The molecule has 0 aliphatic carbocycles. The molecule has 3 heterocycles. The van der Waals surface area contributed by atoms with E-state index in [-0.39, 0.29) is 17.2 Å². The lowest BCUT2D eigenvalue weighted by Gasteiger charge is -2.39. The Morgan fingerprint density at radius 1 is 1.03 bits per heavy atom. The maximum Gasteiger partial charge on any atom is 0.303 e. The van der Waals surface area contributed by atoms with E-state index in [2.05, 4.69) is 0 Å². The molecule has 0 bridgehead atoms. The predicted molar refractivity (Wildman–Crippen MR) is 124 cm³/mol. The molecule has 7 heteroatoms. The van der Waals surface area contributed by atoms with E-state index >= 15 is 0 Å². The van der Waals surface area contributed by atoms with Crippen LogP contribution < -0.4 is 0 Å². The normalized spacial score (nSPS) is 18.8. The third-order valence-corrected chi connectivity index (χ3v) is 7.16. The van der Waals surface area contributed by atoms with Crippen molar-refractivity contribution in [2.45, 2.75) is 32.3 Å². The van der Waals surface area contributed by atoms with E-state index < -0.39 is 12.1 Å². The van der Waals surface area contributed by atoms with E-state index in [1.807, 2.05) is 63.0 Å². The molecule has 1 aromatic heterocycles. The minimum atomic E-state index is -0.909. The average molecular weight is 453 g/mol. The molecule has 1 spiro atoms. The molecule has 0 N–H and O–H groups in total. The number of benzene rings is 1. The van der Waals surface area contributed by atoms with Crippen LogP contribution in [0.1, 0.15) is 43.4 Å². The highest BCUT2D eigenvalue weighted by Gasteiger charge is 2.44. The van der Waals surface area contributed by atoms with Crippen LogP contribution in [0.25, 0.3) is 6.08 Å². The van der Waals surface area contributed by atoms with Crippen LogP contribution in [-0.4, -0.2) is 53.8 Å². The van der Waals surface area contributed by atoms with Crippen molar-refractivity contribution in [2.75, 3.05) is 26.2 Å². The van der Waals surface area contributed by atoms with E-state index in [4.69, 9.17) is 4.74 Å². The molecule has 2 aliphatic rings. The van der Waals surface area contributed by atoms with Crippen molar-refractivity contribution >= 4 is 35.2 Å². The largest absolute Gasteiger partial charge is 0.447 e. The van der Waals surface area contributed by atoms with E-state index in [0.29, 0.717) is 31.7 Å². The van der Waals surface area contributed by atoms with Crippen LogP contribution in [0.2, 0.25) is 0 Å². The van der Waals surface area contributed by atoms with Gasteiger partial charge in [0.15, 0.2) is 0 Å². The van der Waals surface area contributed by atoms with Crippen LogP contribution in [-0.2, 0) is 19.1 Å². The van der Waals surface area contributed by atoms with Crippen molar-refractivity contribution in [3.8, 4) is 0 Å². The Labute approximate surface area is 192 Å². The van der Waals surface area contributed by atoms with Gasteiger partial charge >= 0.3 is 5.97 Å². The second kappa shape index (κ2) is 9.69. The summed E-state index contributed by atoms with van der Waals surface area (Å²) < 4.78 is 5.40. The van der Waals surface area contributed by atoms with Gasteiger partial charge in [-0.15, -0.1) is 0 Å². The van der Waals surface area contributed by atoms with Crippen molar-refractivity contribution in [3.63, 3.8) is 0 Å². The summed E-state index contributed by atoms with van der Waals surface area (Å²) in [4.78, 5) is 41.2. The monoisotopic (exact) mass is 452 g/mol. The minimum Gasteiger partial charge on any atom is -0.447 e. The van der Waals surface area contributed by atoms with Crippen LogP contribution >= 0.6 is 11.3 Å². The van der Waals surface area contributed by atoms with Crippen molar-refractivity contribution in [1.82, 2.24) is 9.80 Å². The van der Waals surface area contributed by atoms with Crippen molar-refractivity contribution in [1.29, 1.82) is 0 Å². The number of hydrogen-bond donors (Lipinski definition) is 0. The Morgan fingerprint density at radius 2 is 1.72 bits per heavy atom. The van der Waals surface area contributed by atoms with Gasteiger partial charge in [0.05, 0.1) is 0 Å². The summed E-state index contributed by atoms with van der Waals surface area (Å²) in [6.07, 6.45) is 5.25. The lowest BCUT2D eigenvalue weighted by atomic mass is 9.77. The summed E-state index contributed by atoms with van der Waals surface area (Å²) in [6, 6.07) is 11.2. The molecule has 2 aromatic rings. The van der Waals surface area contributed by atoms with Crippen LogP contribution in [0, 0.1) is 5.41 Å². The third-order valence-electron chi connectivity index (χ3n) is 6.46. The zero-order valence-corrected chi connectivity index (χ0v) is 19.1. The molecule has 2 saturated heterocycles. The summed E-state index contributed by atoms with van der Waals surface area (Å²) in [5, 5.41) is 4.00. The summed E-state index contributed by atoms with van der Waals surface area (Å²) in [5.74, 6) is -0.597. The Morgan fingerprint density at radius 3 is 2.34 bits per heavy atom. The summed E-state index contributed by atoms with van der Waals surface area (Å²) >= 11 is 1.61. The quantitative estimate of drug-likeness (QED) is 0.510. The van der Waals surface area contributed by atoms with Crippen LogP contribution in [0.5, 0.6) is 0 Å². The van der Waals surface area contributed by atoms with Gasteiger partial charge in [-0.25, -0.2) is 0 Å². The Bertz CT molecular complexity index is 979. The lowest BCUT2D eigenvalue weighted by molar-refractivity contribution is -0.159. The molecule has 2 amide bonds. The number of carbonyl (C=O) groups excluding carboxylic acids is 3. The van der Waals surface area contributed by atoms with Gasteiger partial charge in [0.25, 0.3) is 5.91 Å². The van der Waals surface area contributed by atoms with Crippen LogP contribution in [0.4, 0.5) is 0 Å². The number of likely N-dealkylation sites (tertiary alicyclic amines) is 2. The first-order valence-electron chi connectivity index (χ1n) is 11.0. The molecule has 168 valence electrons. The van der Waals surface area contributed by atoms with Gasteiger partial charge in [-0.1, -0.05) is 30.3 Å². The second-order valence-corrected chi connectivity index (χ2v) is 9.41. The van der Waals surface area contributed by atoms with Gasteiger partial charge in [-0.2, -0.15) is 11.3 Å². The van der Waals surface area contributed by atoms with Gasteiger partial charge in [0.2, 0.25) is 12.0 Å². The standard InChI is InChI=1S/C25H28N2O4S/c1-19(28)31-23(21-5-3-2-4-6-21)24(30)27-15-12-25(18-27)10-13-26(14-11-25)22(29)8-7-20-9-16-32-17-20/h2-9,16-17,23H,10-15,18H2,1H3. The Balaban J connectivity index is 1.36. The number of ether oxygens (including phenoxy) is 1. The molecular formula is C25H28N2O4S. The topological polar surface area (TPSA) is 66.9 Å². The molecule has 1 atom stereocenters. The Kier molecular flexibility index (Phi) is 6.74. The van der Waals surface area contributed by atoms with E-state index in [1.165, 1.54) is 6.92 Å². The number of carbonyl (C=O) groups is 3. The summed E-state index contributed by atoms with van der Waals surface area (Å²) in [7, 11) is 0. The van der Waals surface area contributed by atoms with Gasteiger partial charge in [0.1, 0.15) is 0 Å². The molecule has 1 aromatic carbocycles. The maximum absolute atomic E-state index is 13.3. The Hall–Kier alpha value is -2.93. The molecule has 2 aliphatic heterocycles. The van der Waals surface area contributed by atoms with Crippen LogP contribution in [0.3, 0.4) is 0 Å². The zero-order valence-electron chi connectivity index (χ0n) is 18.2. The molecule has 32 heavy (non-hydrogen) atoms. The number of rotatable bonds is 5. The molecule has 0 saturated carbocycles. The number of amides is 2. The fraction of sp³-hybridized carbons (Fsp3) is 0.400. The number of nitrogens with zero attached hydrogens (tertiary/aromatic N) is 2. The smallest absolute Gasteiger partial charge is 0.303 e. The molecule has 6 nitrogen and oxygen atoms in total. The van der Waals surface area contributed by atoms with Gasteiger partial charge in [-0.3, -0.25) is 14.4 Å². The highest BCUT2D eigenvalue weighted by Crippen LogP contribution is 2.41. The minimum absolute atomic E-state index is 0.0287. The highest BCUT2D eigenvalue weighted by molar-refractivity contribution is 7.08. The fourth-order valence-corrected chi connectivity index (χ4v) is 5.22. The van der Waals surface area contributed by atoms with E-state index in [1.54, 1.807) is 17.4 Å². The summed E-state index contributed by atoms with van der Waals surface area (Å²) in [5.41, 5.74) is 1.76. The van der Waals surface area contributed by atoms with Crippen molar-refractivity contribution in [2.24, 2.45) is 5.41 Å². The molecule has 2 fully saturated rings.